The van der Waals surface area contributed by atoms with Crippen molar-refractivity contribution in [2.45, 2.75) is 31.8 Å². The molecule has 0 bridgehead atoms. The lowest BCUT2D eigenvalue weighted by atomic mass is 9.85. The van der Waals surface area contributed by atoms with E-state index in [0.717, 1.165) is 35.5 Å². The van der Waals surface area contributed by atoms with Crippen molar-refractivity contribution in [3.63, 3.8) is 0 Å². The molecule has 0 unspecified atom stereocenters. The fourth-order valence-electron chi connectivity index (χ4n) is 3.57. The largest absolute Gasteiger partial charge is 0.489 e. The van der Waals surface area contributed by atoms with Gasteiger partial charge in [-0.2, -0.15) is 5.10 Å². The number of H-pyrrole nitrogens is 1. The maximum atomic E-state index is 12.5. The standard InChI is InChI=1S/C22H20N4O2/c27-22-20-19(25-21(16-8-4-9-16)26(20)24-14-23-22)17-10-5-11-18(12-17)28-13-15-6-2-1-3-7-15/h1-3,5-7,10-12,14,16H,4,8-9,13H2,(H,23,24,27). The van der Waals surface area contributed by atoms with Gasteiger partial charge in [0.25, 0.3) is 5.56 Å². The van der Waals surface area contributed by atoms with E-state index in [1.54, 1.807) is 4.52 Å². The number of hydrogen-bond donors (Lipinski definition) is 1. The molecule has 1 aliphatic rings. The van der Waals surface area contributed by atoms with Crippen molar-refractivity contribution < 1.29 is 4.74 Å². The van der Waals surface area contributed by atoms with Gasteiger partial charge in [0.2, 0.25) is 0 Å². The Morgan fingerprint density at radius 2 is 1.96 bits per heavy atom. The number of ether oxygens (including phenoxy) is 1. The Morgan fingerprint density at radius 1 is 1.11 bits per heavy atom. The number of rotatable bonds is 5. The monoisotopic (exact) mass is 372 g/mol. The van der Waals surface area contributed by atoms with Crippen LogP contribution in [0.5, 0.6) is 5.75 Å². The number of fused-ring (bicyclic) bond motifs is 1. The number of aromatic amines is 1. The molecule has 2 heterocycles. The van der Waals surface area contributed by atoms with Crippen molar-refractivity contribution >= 4 is 5.52 Å². The highest BCUT2D eigenvalue weighted by Crippen LogP contribution is 2.37. The average molecular weight is 372 g/mol. The van der Waals surface area contributed by atoms with E-state index in [1.165, 1.54) is 12.7 Å². The van der Waals surface area contributed by atoms with Crippen LogP contribution in [0.2, 0.25) is 0 Å². The zero-order valence-corrected chi connectivity index (χ0v) is 15.3. The summed E-state index contributed by atoms with van der Waals surface area (Å²) in [5.74, 6) is 1.99. The van der Waals surface area contributed by atoms with Crippen molar-refractivity contribution in [1.29, 1.82) is 0 Å². The molecular weight excluding hydrogens is 352 g/mol. The van der Waals surface area contributed by atoms with E-state index in [9.17, 15) is 4.79 Å². The van der Waals surface area contributed by atoms with Crippen molar-refractivity contribution in [1.82, 2.24) is 19.6 Å². The van der Waals surface area contributed by atoms with E-state index in [0.29, 0.717) is 23.7 Å². The van der Waals surface area contributed by atoms with Gasteiger partial charge in [-0.3, -0.25) is 4.79 Å². The van der Waals surface area contributed by atoms with Crippen LogP contribution < -0.4 is 10.3 Å². The average Bonchev–Trinajstić information content (AvgIpc) is 3.07. The van der Waals surface area contributed by atoms with E-state index in [4.69, 9.17) is 9.72 Å². The minimum atomic E-state index is -0.182. The smallest absolute Gasteiger partial charge is 0.277 e. The second-order valence-corrected chi connectivity index (χ2v) is 7.13. The topological polar surface area (TPSA) is 72.3 Å². The third-order valence-corrected chi connectivity index (χ3v) is 5.29. The quantitative estimate of drug-likeness (QED) is 0.576. The molecule has 0 amide bonds. The molecule has 6 heteroatoms. The van der Waals surface area contributed by atoms with Crippen LogP contribution >= 0.6 is 0 Å². The van der Waals surface area contributed by atoms with Gasteiger partial charge in [-0.15, -0.1) is 0 Å². The third kappa shape index (κ3) is 2.97. The zero-order valence-electron chi connectivity index (χ0n) is 15.3. The van der Waals surface area contributed by atoms with Crippen LogP contribution in [0.15, 0.2) is 65.7 Å². The highest BCUT2D eigenvalue weighted by molar-refractivity contribution is 5.77. The van der Waals surface area contributed by atoms with Crippen molar-refractivity contribution in [2.24, 2.45) is 0 Å². The van der Waals surface area contributed by atoms with Crippen molar-refractivity contribution in [2.75, 3.05) is 0 Å². The van der Waals surface area contributed by atoms with E-state index in [2.05, 4.69) is 10.1 Å². The van der Waals surface area contributed by atoms with Gasteiger partial charge in [-0.1, -0.05) is 48.9 Å². The molecule has 0 saturated heterocycles. The molecule has 0 atom stereocenters. The van der Waals surface area contributed by atoms with Crippen LogP contribution in [0.25, 0.3) is 16.8 Å². The van der Waals surface area contributed by atoms with Gasteiger partial charge in [0.1, 0.15) is 30.2 Å². The first kappa shape index (κ1) is 16.7. The molecular formula is C22H20N4O2. The number of nitrogens with zero attached hydrogens (tertiary/aromatic N) is 3. The minimum Gasteiger partial charge on any atom is -0.489 e. The molecule has 5 rings (SSSR count). The number of hydrogen-bond acceptors (Lipinski definition) is 4. The van der Waals surface area contributed by atoms with Gasteiger partial charge in [-0.25, -0.2) is 9.50 Å². The Labute approximate surface area is 161 Å². The third-order valence-electron chi connectivity index (χ3n) is 5.29. The zero-order chi connectivity index (χ0) is 18.9. The van der Waals surface area contributed by atoms with Crippen molar-refractivity contribution in [3.05, 3.63) is 82.7 Å². The van der Waals surface area contributed by atoms with Gasteiger partial charge in [0, 0.05) is 11.5 Å². The van der Waals surface area contributed by atoms with E-state index < -0.39 is 0 Å². The normalized spacial score (nSPS) is 14.1. The van der Waals surface area contributed by atoms with E-state index in [1.807, 2.05) is 54.6 Å². The Bertz CT molecular complexity index is 1180. The summed E-state index contributed by atoms with van der Waals surface area (Å²) in [6, 6.07) is 17.8. The summed E-state index contributed by atoms with van der Waals surface area (Å²) in [5.41, 5.74) is 2.92. The first-order chi connectivity index (χ1) is 13.8. The van der Waals surface area contributed by atoms with Gasteiger partial charge in [0.15, 0.2) is 5.52 Å². The summed E-state index contributed by atoms with van der Waals surface area (Å²) in [5, 5.41) is 4.36. The molecule has 1 fully saturated rings. The summed E-state index contributed by atoms with van der Waals surface area (Å²) >= 11 is 0. The fraction of sp³-hybridized carbons (Fsp3) is 0.227. The molecule has 6 nitrogen and oxygen atoms in total. The van der Waals surface area contributed by atoms with Crippen LogP contribution in [0, 0.1) is 0 Å². The Kier molecular flexibility index (Phi) is 4.16. The Morgan fingerprint density at radius 3 is 2.75 bits per heavy atom. The van der Waals surface area contributed by atoms with Crippen LogP contribution in [-0.2, 0) is 6.61 Å². The summed E-state index contributed by atoms with van der Waals surface area (Å²) in [6.07, 6.45) is 4.81. The van der Waals surface area contributed by atoms with Crippen LogP contribution in [0.3, 0.4) is 0 Å². The van der Waals surface area contributed by atoms with Crippen molar-refractivity contribution in [3.8, 4) is 17.0 Å². The maximum Gasteiger partial charge on any atom is 0.277 e. The predicted octanol–water partition coefficient (Wildman–Crippen LogP) is 3.93. The molecule has 2 aromatic heterocycles. The first-order valence-corrected chi connectivity index (χ1v) is 9.53. The van der Waals surface area contributed by atoms with Gasteiger partial charge < -0.3 is 9.72 Å². The van der Waals surface area contributed by atoms with Crippen LogP contribution in [0.4, 0.5) is 0 Å². The lowest BCUT2D eigenvalue weighted by Gasteiger charge is -2.23. The van der Waals surface area contributed by atoms with E-state index >= 15 is 0 Å². The Hall–Kier alpha value is -3.41. The van der Waals surface area contributed by atoms with Gasteiger partial charge in [-0.05, 0) is 30.5 Å². The highest BCUT2D eigenvalue weighted by atomic mass is 16.5. The first-order valence-electron chi connectivity index (χ1n) is 9.53. The molecule has 0 aliphatic heterocycles. The van der Waals surface area contributed by atoms with Gasteiger partial charge in [0.05, 0.1) is 0 Å². The number of aromatic nitrogens is 4. The molecule has 0 radical (unpaired) electrons. The number of nitrogens with one attached hydrogen (secondary N) is 1. The molecule has 4 aromatic rings. The summed E-state index contributed by atoms with van der Waals surface area (Å²) < 4.78 is 7.65. The van der Waals surface area contributed by atoms with E-state index in [-0.39, 0.29) is 5.56 Å². The second-order valence-electron chi connectivity index (χ2n) is 7.13. The predicted molar refractivity (Wildman–Crippen MR) is 106 cm³/mol. The number of imidazole rings is 1. The summed E-state index contributed by atoms with van der Waals surface area (Å²) in [7, 11) is 0. The Balaban J connectivity index is 1.52. The fourth-order valence-corrected chi connectivity index (χ4v) is 3.57. The lowest BCUT2D eigenvalue weighted by molar-refractivity contribution is 0.306. The molecule has 140 valence electrons. The minimum absolute atomic E-state index is 0.182. The lowest BCUT2D eigenvalue weighted by Crippen LogP contribution is -2.16. The van der Waals surface area contributed by atoms with Gasteiger partial charge >= 0.3 is 0 Å². The maximum absolute atomic E-state index is 12.5. The van der Waals surface area contributed by atoms with Crippen LogP contribution in [-0.4, -0.2) is 19.6 Å². The molecule has 1 N–H and O–H groups in total. The summed E-state index contributed by atoms with van der Waals surface area (Å²) in [6.45, 7) is 0.490. The number of benzene rings is 2. The molecule has 1 saturated carbocycles. The molecule has 0 spiro atoms. The summed E-state index contributed by atoms with van der Waals surface area (Å²) in [4.78, 5) is 20.0. The highest BCUT2D eigenvalue weighted by Gasteiger charge is 2.27. The second kappa shape index (κ2) is 6.96. The van der Waals surface area contributed by atoms with Crippen LogP contribution in [0.1, 0.15) is 36.6 Å². The molecule has 1 aliphatic carbocycles. The molecule has 28 heavy (non-hydrogen) atoms. The SMILES string of the molecule is O=c1[nH]cnn2c(C3CCC3)nc(-c3cccc(OCc4ccccc4)c3)c12. The molecule has 2 aromatic carbocycles.